The standard InChI is InChI=1S/C17H19N3OS/c1-5-17(2,3)12-8-6-11(7-9-12)14-13(10-18)15(21)20-16(19-14)22-4/h6-9H,5H2,1-4H3,(H,19,20,21). The van der Waals surface area contributed by atoms with Gasteiger partial charge in [-0.05, 0) is 23.7 Å². The fourth-order valence-electron chi connectivity index (χ4n) is 2.15. The molecule has 0 aliphatic rings. The molecular formula is C17H19N3OS. The SMILES string of the molecule is CCC(C)(C)c1ccc(-c2nc(SC)[nH]c(=O)c2C#N)cc1. The third-order valence-corrected chi connectivity index (χ3v) is 4.61. The molecule has 0 atom stereocenters. The zero-order chi connectivity index (χ0) is 16.3. The van der Waals surface area contributed by atoms with E-state index in [9.17, 15) is 10.1 Å². The minimum Gasteiger partial charge on any atom is -0.300 e. The van der Waals surface area contributed by atoms with Crippen molar-refractivity contribution in [3.63, 3.8) is 0 Å². The van der Waals surface area contributed by atoms with Gasteiger partial charge in [0, 0.05) is 5.56 Å². The summed E-state index contributed by atoms with van der Waals surface area (Å²) >= 11 is 1.35. The number of nitrogens with one attached hydrogen (secondary N) is 1. The Morgan fingerprint density at radius 3 is 2.45 bits per heavy atom. The summed E-state index contributed by atoms with van der Waals surface area (Å²) < 4.78 is 0. The van der Waals surface area contributed by atoms with Gasteiger partial charge in [-0.3, -0.25) is 4.79 Å². The van der Waals surface area contributed by atoms with E-state index in [1.807, 2.05) is 36.6 Å². The Labute approximate surface area is 134 Å². The van der Waals surface area contributed by atoms with Crippen LogP contribution in [-0.2, 0) is 5.41 Å². The Bertz CT molecular complexity index is 770. The first-order valence-corrected chi connectivity index (χ1v) is 8.34. The van der Waals surface area contributed by atoms with E-state index in [1.165, 1.54) is 17.3 Å². The molecule has 1 heterocycles. The Kier molecular flexibility index (Phi) is 4.72. The third kappa shape index (κ3) is 3.07. The second-order valence-corrected chi connectivity index (χ2v) is 6.52. The first-order valence-electron chi connectivity index (χ1n) is 7.12. The van der Waals surface area contributed by atoms with Crippen molar-refractivity contribution >= 4 is 11.8 Å². The van der Waals surface area contributed by atoms with Crippen molar-refractivity contribution in [2.45, 2.75) is 37.8 Å². The normalized spacial score (nSPS) is 11.2. The molecule has 0 unspecified atom stereocenters. The largest absolute Gasteiger partial charge is 0.300 e. The minimum absolute atomic E-state index is 0.0558. The van der Waals surface area contributed by atoms with Crippen molar-refractivity contribution in [3.05, 3.63) is 45.7 Å². The molecule has 4 nitrogen and oxygen atoms in total. The minimum atomic E-state index is -0.394. The lowest BCUT2D eigenvalue weighted by atomic mass is 9.82. The van der Waals surface area contributed by atoms with E-state index in [0.717, 1.165) is 12.0 Å². The van der Waals surface area contributed by atoms with Gasteiger partial charge in [-0.1, -0.05) is 56.8 Å². The molecule has 0 amide bonds. The summed E-state index contributed by atoms with van der Waals surface area (Å²) in [5, 5.41) is 9.74. The van der Waals surface area contributed by atoms with Crippen molar-refractivity contribution in [3.8, 4) is 17.3 Å². The van der Waals surface area contributed by atoms with Crippen molar-refractivity contribution in [1.82, 2.24) is 9.97 Å². The Balaban J connectivity index is 2.56. The number of rotatable bonds is 4. The molecule has 1 aromatic heterocycles. The maximum absolute atomic E-state index is 12.0. The number of thioether (sulfide) groups is 1. The van der Waals surface area contributed by atoms with E-state index < -0.39 is 5.56 Å². The molecule has 0 bridgehead atoms. The van der Waals surface area contributed by atoms with Gasteiger partial charge >= 0.3 is 0 Å². The lowest BCUT2D eigenvalue weighted by Crippen LogP contribution is -2.16. The fraction of sp³-hybridized carbons (Fsp3) is 0.353. The lowest BCUT2D eigenvalue weighted by molar-refractivity contribution is 0.506. The summed E-state index contributed by atoms with van der Waals surface area (Å²) in [4.78, 5) is 19.0. The number of benzene rings is 1. The predicted molar refractivity (Wildman–Crippen MR) is 90.1 cm³/mol. The van der Waals surface area contributed by atoms with Gasteiger partial charge in [-0.25, -0.2) is 4.98 Å². The number of nitriles is 1. The quantitative estimate of drug-likeness (QED) is 0.690. The van der Waals surface area contributed by atoms with E-state index in [1.54, 1.807) is 0 Å². The number of aromatic amines is 1. The molecule has 1 N–H and O–H groups in total. The van der Waals surface area contributed by atoms with Crippen LogP contribution in [0.3, 0.4) is 0 Å². The van der Waals surface area contributed by atoms with Gasteiger partial charge in [0.05, 0.1) is 5.69 Å². The summed E-state index contributed by atoms with van der Waals surface area (Å²) in [6.45, 7) is 6.55. The molecule has 0 radical (unpaired) electrons. The van der Waals surface area contributed by atoms with Gasteiger partial charge in [-0.15, -0.1) is 0 Å². The van der Waals surface area contributed by atoms with Crippen LogP contribution in [0, 0.1) is 11.3 Å². The first kappa shape index (κ1) is 16.3. The van der Waals surface area contributed by atoms with Crippen LogP contribution >= 0.6 is 11.8 Å². The maximum atomic E-state index is 12.0. The first-order chi connectivity index (χ1) is 10.4. The number of aromatic nitrogens is 2. The van der Waals surface area contributed by atoms with Crippen LogP contribution in [0.4, 0.5) is 0 Å². The molecule has 0 aliphatic carbocycles. The van der Waals surface area contributed by atoms with Crippen LogP contribution in [0.25, 0.3) is 11.3 Å². The van der Waals surface area contributed by atoms with Gasteiger partial charge in [0.15, 0.2) is 5.16 Å². The van der Waals surface area contributed by atoms with Crippen LogP contribution in [-0.4, -0.2) is 16.2 Å². The average Bonchev–Trinajstić information content (AvgIpc) is 2.54. The second kappa shape index (κ2) is 6.37. The van der Waals surface area contributed by atoms with E-state index in [0.29, 0.717) is 10.9 Å². The third-order valence-electron chi connectivity index (χ3n) is 4.03. The van der Waals surface area contributed by atoms with Crippen LogP contribution < -0.4 is 5.56 Å². The van der Waals surface area contributed by atoms with Crippen molar-refractivity contribution in [1.29, 1.82) is 5.26 Å². The molecule has 0 spiro atoms. The zero-order valence-electron chi connectivity index (χ0n) is 13.2. The number of H-pyrrole nitrogens is 1. The van der Waals surface area contributed by atoms with Crippen LogP contribution in [0.5, 0.6) is 0 Å². The summed E-state index contributed by atoms with van der Waals surface area (Å²) in [5.74, 6) is 0. The molecule has 5 heteroatoms. The average molecular weight is 313 g/mol. The van der Waals surface area contributed by atoms with E-state index >= 15 is 0 Å². The van der Waals surface area contributed by atoms with Gasteiger partial charge < -0.3 is 4.98 Å². The molecule has 1 aromatic carbocycles. The monoisotopic (exact) mass is 313 g/mol. The predicted octanol–water partition coefficient (Wildman–Crippen LogP) is 3.72. The summed E-state index contributed by atoms with van der Waals surface area (Å²) in [7, 11) is 0. The topological polar surface area (TPSA) is 69.5 Å². The number of nitrogens with zero attached hydrogens (tertiary/aromatic N) is 2. The number of hydrogen-bond donors (Lipinski definition) is 1. The van der Waals surface area contributed by atoms with Crippen LogP contribution in [0.2, 0.25) is 0 Å². The molecule has 0 aliphatic heterocycles. The summed E-state index contributed by atoms with van der Waals surface area (Å²) in [6, 6.07) is 9.90. The lowest BCUT2D eigenvalue weighted by Gasteiger charge is -2.23. The van der Waals surface area contributed by atoms with Gasteiger partial charge in [0.2, 0.25) is 0 Å². The smallest absolute Gasteiger partial charge is 0.270 e. The Morgan fingerprint density at radius 1 is 1.32 bits per heavy atom. The summed E-state index contributed by atoms with van der Waals surface area (Å²) in [5.41, 5.74) is 2.22. The number of hydrogen-bond acceptors (Lipinski definition) is 4. The van der Waals surface area contributed by atoms with Gasteiger partial charge in [0.1, 0.15) is 11.6 Å². The second-order valence-electron chi connectivity index (χ2n) is 5.73. The van der Waals surface area contributed by atoms with Gasteiger partial charge in [-0.2, -0.15) is 5.26 Å². The Hall–Kier alpha value is -2.06. The fourth-order valence-corrected chi connectivity index (χ4v) is 2.52. The van der Waals surface area contributed by atoms with E-state index in [4.69, 9.17) is 0 Å². The molecule has 0 saturated heterocycles. The van der Waals surface area contributed by atoms with Crippen molar-refractivity contribution in [2.24, 2.45) is 0 Å². The molecule has 2 rings (SSSR count). The molecule has 2 aromatic rings. The molecule has 0 saturated carbocycles. The van der Waals surface area contributed by atoms with E-state index in [-0.39, 0.29) is 11.0 Å². The Morgan fingerprint density at radius 2 is 1.95 bits per heavy atom. The van der Waals surface area contributed by atoms with Crippen molar-refractivity contribution in [2.75, 3.05) is 6.26 Å². The highest BCUT2D eigenvalue weighted by Crippen LogP contribution is 2.29. The molecule has 0 fully saturated rings. The summed E-state index contributed by atoms with van der Waals surface area (Å²) in [6.07, 6.45) is 2.87. The zero-order valence-corrected chi connectivity index (χ0v) is 14.0. The highest BCUT2D eigenvalue weighted by Gasteiger charge is 2.19. The highest BCUT2D eigenvalue weighted by molar-refractivity contribution is 7.98. The van der Waals surface area contributed by atoms with Crippen LogP contribution in [0.1, 0.15) is 38.3 Å². The van der Waals surface area contributed by atoms with Crippen molar-refractivity contribution < 1.29 is 0 Å². The van der Waals surface area contributed by atoms with Crippen LogP contribution in [0.15, 0.2) is 34.2 Å². The van der Waals surface area contributed by atoms with Gasteiger partial charge in [0.25, 0.3) is 5.56 Å². The molecule has 22 heavy (non-hydrogen) atoms. The molecular weight excluding hydrogens is 294 g/mol. The highest BCUT2D eigenvalue weighted by atomic mass is 32.2. The molecule has 114 valence electrons. The van der Waals surface area contributed by atoms with E-state index in [2.05, 4.69) is 30.7 Å². The maximum Gasteiger partial charge on any atom is 0.270 e.